The number of rotatable bonds is 6. The van der Waals surface area contributed by atoms with Crippen LogP contribution in [0.15, 0.2) is 22.9 Å². The Morgan fingerprint density at radius 2 is 2.35 bits per heavy atom. The van der Waals surface area contributed by atoms with Crippen LogP contribution in [0.1, 0.15) is 46.4 Å². The molecule has 0 spiro atoms. The highest BCUT2D eigenvalue weighted by Crippen LogP contribution is 2.28. The molecule has 1 aliphatic heterocycles. The second-order valence-electron chi connectivity index (χ2n) is 6.96. The van der Waals surface area contributed by atoms with Gasteiger partial charge in [-0.25, -0.2) is 4.98 Å². The van der Waals surface area contributed by atoms with Crippen molar-refractivity contribution in [2.75, 3.05) is 20.3 Å². The lowest BCUT2D eigenvalue weighted by Gasteiger charge is -2.26. The predicted octanol–water partition coefficient (Wildman–Crippen LogP) is 3.46. The predicted molar refractivity (Wildman–Crippen MR) is 101 cm³/mol. The van der Waals surface area contributed by atoms with E-state index in [1.54, 1.807) is 18.4 Å². The Balaban J connectivity index is 1.62. The van der Waals surface area contributed by atoms with Gasteiger partial charge >= 0.3 is 0 Å². The fourth-order valence-electron chi connectivity index (χ4n) is 3.79. The van der Waals surface area contributed by atoms with E-state index in [1.807, 2.05) is 16.3 Å². The average Bonchev–Trinajstić information content (AvgIpc) is 3.41. The Bertz CT molecular complexity index is 770. The van der Waals surface area contributed by atoms with Crippen LogP contribution in [0.4, 0.5) is 0 Å². The molecule has 1 atom stereocenters. The van der Waals surface area contributed by atoms with Gasteiger partial charge in [0, 0.05) is 25.4 Å². The molecule has 4 rings (SSSR count). The molecule has 0 N–H and O–H groups in total. The highest BCUT2D eigenvalue weighted by molar-refractivity contribution is 7.07. The number of nitrogens with zero attached hydrogens (tertiary/aromatic N) is 2. The zero-order valence-electron chi connectivity index (χ0n) is 15.1. The number of aryl methyl sites for hydroxylation is 2. The van der Waals surface area contributed by atoms with Crippen LogP contribution in [0.3, 0.4) is 0 Å². The Kier molecular flexibility index (Phi) is 5.22. The molecular weight excluding hydrogens is 348 g/mol. The number of carbonyl (C=O) groups is 1. The van der Waals surface area contributed by atoms with Crippen LogP contribution in [0.25, 0.3) is 0 Å². The Morgan fingerprint density at radius 3 is 3.08 bits per heavy atom. The molecule has 0 saturated carbocycles. The molecule has 1 saturated heterocycles. The van der Waals surface area contributed by atoms with E-state index in [9.17, 15) is 4.79 Å². The largest absolute Gasteiger partial charge is 0.480 e. The third-order valence-electron chi connectivity index (χ3n) is 5.13. The van der Waals surface area contributed by atoms with Crippen LogP contribution in [-0.2, 0) is 24.1 Å². The van der Waals surface area contributed by atoms with Crippen LogP contribution >= 0.6 is 11.3 Å². The van der Waals surface area contributed by atoms with E-state index in [0.29, 0.717) is 24.5 Å². The fraction of sp³-hybridized carbons (Fsp3) is 0.500. The molecule has 6 heteroatoms. The first-order valence-corrected chi connectivity index (χ1v) is 10.2. The van der Waals surface area contributed by atoms with Crippen molar-refractivity contribution in [2.24, 2.45) is 0 Å². The van der Waals surface area contributed by atoms with Crippen molar-refractivity contribution in [1.29, 1.82) is 0 Å². The topological polar surface area (TPSA) is 51.7 Å². The van der Waals surface area contributed by atoms with E-state index in [-0.39, 0.29) is 12.0 Å². The number of ether oxygens (including phenoxy) is 2. The summed E-state index contributed by atoms with van der Waals surface area (Å²) in [5.74, 6) is 0.420. The summed E-state index contributed by atoms with van der Waals surface area (Å²) in [5, 5.41) is 4.13. The van der Waals surface area contributed by atoms with E-state index < -0.39 is 0 Å². The molecule has 3 heterocycles. The second-order valence-corrected chi connectivity index (χ2v) is 7.74. The summed E-state index contributed by atoms with van der Waals surface area (Å²) in [5.41, 5.74) is 3.97. The van der Waals surface area contributed by atoms with Crippen molar-refractivity contribution in [2.45, 2.75) is 44.8 Å². The van der Waals surface area contributed by atoms with Crippen LogP contribution in [0.2, 0.25) is 0 Å². The molecule has 1 aliphatic carbocycles. The minimum atomic E-state index is -0.0225. The first-order chi connectivity index (χ1) is 12.7. The minimum absolute atomic E-state index is 0.0225. The lowest BCUT2D eigenvalue weighted by atomic mass is 10.1. The molecule has 2 aromatic heterocycles. The van der Waals surface area contributed by atoms with Gasteiger partial charge in [-0.2, -0.15) is 11.3 Å². The Hall–Kier alpha value is -1.92. The van der Waals surface area contributed by atoms with Crippen molar-refractivity contribution in [1.82, 2.24) is 9.88 Å². The smallest absolute Gasteiger partial charge is 0.259 e. The van der Waals surface area contributed by atoms with E-state index in [2.05, 4.69) is 16.4 Å². The number of aromatic nitrogens is 1. The fourth-order valence-corrected chi connectivity index (χ4v) is 4.45. The van der Waals surface area contributed by atoms with Gasteiger partial charge in [-0.05, 0) is 66.1 Å². The van der Waals surface area contributed by atoms with E-state index in [4.69, 9.17) is 9.47 Å². The van der Waals surface area contributed by atoms with Gasteiger partial charge in [0.15, 0.2) is 0 Å². The summed E-state index contributed by atoms with van der Waals surface area (Å²) in [6.45, 7) is 1.98. The van der Waals surface area contributed by atoms with Gasteiger partial charge in [0.2, 0.25) is 5.88 Å². The molecular formula is C20H24N2O3S. The Morgan fingerprint density at radius 1 is 1.42 bits per heavy atom. The van der Waals surface area contributed by atoms with Crippen LogP contribution in [0.5, 0.6) is 5.88 Å². The number of hydrogen-bond acceptors (Lipinski definition) is 5. The maximum absolute atomic E-state index is 13.4. The van der Waals surface area contributed by atoms with Gasteiger partial charge in [-0.1, -0.05) is 0 Å². The van der Waals surface area contributed by atoms with E-state index in [0.717, 1.165) is 50.0 Å². The van der Waals surface area contributed by atoms with Crippen LogP contribution in [-0.4, -0.2) is 42.2 Å². The number of pyridine rings is 1. The van der Waals surface area contributed by atoms with Gasteiger partial charge in [0.05, 0.1) is 13.2 Å². The number of carbonyl (C=O) groups excluding carboxylic acids is 1. The number of fused-ring (bicyclic) bond motifs is 1. The van der Waals surface area contributed by atoms with Crippen molar-refractivity contribution in [3.05, 3.63) is 45.3 Å². The average molecular weight is 372 g/mol. The van der Waals surface area contributed by atoms with Gasteiger partial charge < -0.3 is 14.4 Å². The van der Waals surface area contributed by atoms with Gasteiger partial charge in [-0.15, -0.1) is 0 Å². The highest BCUT2D eigenvalue weighted by Gasteiger charge is 2.28. The monoisotopic (exact) mass is 372 g/mol. The molecule has 138 valence electrons. The molecule has 5 nitrogen and oxygen atoms in total. The summed E-state index contributed by atoms with van der Waals surface area (Å²) in [7, 11) is 1.59. The molecule has 1 fully saturated rings. The van der Waals surface area contributed by atoms with E-state index >= 15 is 0 Å². The lowest BCUT2D eigenvalue weighted by Crippen LogP contribution is -2.37. The summed E-state index contributed by atoms with van der Waals surface area (Å²) in [4.78, 5) is 19.9. The normalized spacial score (nSPS) is 18.7. The van der Waals surface area contributed by atoms with Crippen molar-refractivity contribution in [3.8, 4) is 5.88 Å². The number of methoxy groups -OCH3 is 1. The van der Waals surface area contributed by atoms with Crippen molar-refractivity contribution >= 4 is 17.2 Å². The molecule has 0 aromatic carbocycles. The van der Waals surface area contributed by atoms with Crippen LogP contribution < -0.4 is 4.74 Å². The van der Waals surface area contributed by atoms with Crippen LogP contribution in [0, 0.1) is 0 Å². The molecule has 26 heavy (non-hydrogen) atoms. The second kappa shape index (κ2) is 7.76. The Labute approximate surface area is 157 Å². The maximum atomic E-state index is 13.4. The first-order valence-electron chi connectivity index (χ1n) is 9.23. The van der Waals surface area contributed by atoms with Crippen molar-refractivity contribution < 1.29 is 14.3 Å². The zero-order chi connectivity index (χ0) is 17.9. The molecule has 0 bridgehead atoms. The third-order valence-corrected chi connectivity index (χ3v) is 5.86. The van der Waals surface area contributed by atoms with Crippen molar-refractivity contribution in [3.63, 3.8) is 0 Å². The molecule has 2 aliphatic rings. The van der Waals surface area contributed by atoms with Gasteiger partial charge in [-0.3, -0.25) is 4.79 Å². The summed E-state index contributed by atoms with van der Waals surface area (Å²) in [6, 6.07) is 4.06. The van der Waals surface area contributed by atoms with Gasteiger partial charge in [0.1, 0.15) is 5.56 Å². The number of amides is 1. The minimum Gasteiger partial charge on any atom is -0.480 e. The highest BCUT2D eigenvalue weighted by atomic mass is 32.1. The zero-order valence-corrected chi connectivity index (χ0v) is 15.9. The number of thiophene rings is 1. The van der Waals surface area contributed by atoms with E-state index in [1.165, 1.54) is 5.56 Å². The van der Waals surface area contributed by atoms with Gasteiger partial charge in [0.25, 0.3) is 5.91 Å². The quantitative estimate of drug-likeness (QED) is 0.779. The molecule has 1 unspecified atom stereocenters. The summed E-state index contributed by atoms with van der Waals surface area (Å²) >= 11 is 1.65. The SMILES string of the molecule is COc1nc2c(cc1C(=O)N(Cc1ccsc1)CC1CCCO1)CCC2. The molecule has 1 amide bonds. The standard InChI is InChI=1S/C20H24N2O3S/c1-24-19-17(10-15-4-2-6-18(15)21-19)20(23)22(11-14-7-9-26-13-14)12-16-5-3-8-25-16/h7,9-10,13,16H,2-6,8,11-12H2,1H3. The molecule has 2 aromatic rings. The molecule has 0 radical (unpaired) electrons. The lowest BCUT2D eigenvalue weighted by molar-refractivity contribution is 0.0504. The maximum Gasteiger partial charge on any atom is 0.259 e. The number of hydrogen-bond donors (Lipinski definition) is 0. The summed E-state index contributed by atoms with van der Waals surface area (Å²) in [6.07, 6.45) is 5.24. The first kappa shape index (κ1) is 17.5. The third kappa shape index (κ3) is 3.62. The summed E-state index contributed by atoms with van der Waals surface area (Å²) < 4.78 is 11.2.